The first-order valence-corrected chi connectivity index (χ1v) is 4.54. The van der Waals surface area contributed by atoms with E-state index in [4.69, 9.17) is 5.73 Å². The molecule has 0 aliphatic carbocycles. The van der Waals surface area contributed by atoms with Gasteiger partial charge in [-0.2, -0.15) is 0 Å². The normalized spacial score (nSPS) is 21.0. The lowest BCUT2D eigenvalue weighted by Gasteiger charge is -2.25. The molecule has 2 N–H and O–H groups in total. The van der Waals surface area contributed by atoms with Crippen LogP contribution in [0.2, 0.25) is 0 Å². The molecule has 1 unspecified atom stereocenters. The van der Waals surface area contributed by atoms with Crippen LogP contribution in [0.5, 0.6) is 0 Å². The van der Waals surface area contributed by atoms with E-state index in [9.17, 15) is 4.79 Å². The van der Waals surface area contributed by atoms with E-state index >= 15 is 0 Å². The molecule has 1 atom stereocenters. The van der Waals surface area contributed by atoms with E-state index in [2.05, 4.69) is 0 Å². The molecular formula is C10H13N3O. The van der Waals surface area contributed by atoms with Gasteiger partial charge in [-0.25, -0.2) is 14.8 Å². The number of rotatable bonds is 0. The molecule has 0 saturated carbocycles. The van der Waals surface area contributed by atoms with Gasteiger partial charge in [-0.05, 0) is 18.6 Å². The minimum atomic E-state index is -0.440. The Bertz CT molecular complexity index is 377. The van der Waals surface area contributed by atoms with Gasteiger partial charge in [-0.15, -0.1) is 0 Å². The number of hydrogen-bond donors (Lipinski definition) is 1. The molecule has 1 aromatic carbocycles. The van der Waals surface area contributed by atoms with Crippen LogP contribution in [0.4, 0.5) is 10.5 Å². The average molecular weight is 191 g/mol. The first kappa shape index (κ1) is 9.02. The lowest BCUT2D eigenvalue weighted by molar-refractivity contribution is 0.222. The van der Waals surface area contributed by atoms with Gasteiger partial charge in [0.05, 0.1) is 11.7 Å². The summed E-state index contributed by atoms with van der Waals surface area (Å²) in [5.41, 5.74) is 7.33. The number of fused-ring (bicyclic) bond motifs is 1. The number of nitrogens with two attached hydrogens (primary N) is 1. The van der Waals surface area contributed by atoms with Crippen LogP contribution in [-0.2, 0) is 0 Å². The Balaban J connectivity index is 2.53. The Labute approximate surface area is 82.9 Å². The van der Waals surface area contributed by atoms with Gasteiger partial charge in [0.2, 0.25) is 0 Å². The average Bonchev–Trinajstić information content (AvgIpc) is 2.41. The highest BCUT2D eigenvalue weighted by molar-refractivity contribution is 5.92. The summed E-state index contributed by atoms with van der Waals surface area (Å²) in [5.74, 6) is 0. The molecule has 2 rings (SSSR count). The molecule has 1 aromatic rings. The van der Waals surface area contributed by atoms with Crippen LogP contribution >= 0.6 is 0 Å². The second-order valence-electron chi connectivity index (χ2n) is 3.46. The van der Waals surface area contributed by atoms with Crippen molar-refractivity contribution in [2.45, 2.75) is 13.0 Å². The molecule has 1 aliphatic heterocycles. The second kappa shape index (κ2) is 2.99. The third-order valence-corrected chi connectivity index (χ3v) is 2.70. The van der Waals surface area contributed by atoms with E-state index < -0.39 is 6.03 Å². The maximum atomic E-state index is 11.2. The molecule has 4 nitrogen and oxygen atoms in total. The zero-order chi connectivity index (χ0) is 10.3. The number of primary amides is 1. The Morgan fingerprint density at radius 2 is 2.07 bits per heavy atom. The summed E-state index contributed by atoms with van der Waals surface area (Å²) in [6, 6.07) is 7.54. The molecule has 0 aromatic heterocycles. The minimum absolute atomic E-state index is 0.193. The predicted molar refractivity (Wildman–Crippen MR) is 54.7 cm³/mol. The van der Waals surface area contributed by atoms with Crippen LogP contribution in [0.3, 0.4) is 0 Å². The molecule has 74 valence electrons. The highest BCUT2D eigenvalue weighted by Crippen LogP contribution is 2.37. The van der Waals surface area contributed by atoms with Crippen LogP contribution in [0.15, 0.2) is 24.3 Å². The third-order valence-electron chi connectivity index (χ3n) is 2.70. The second-order valence-corrected chi connectivity index (χ2v) is 3.46. The zero-order valence-electron chi connectivity index (χ0n) is 8.27. The van der Waals surface area contributed by atoms with Crippen molar-refractivity contribution in [3.8, 4) is 0 Å². The van der Waals surface area contributed by atoms with E-state index in [-0.39, 0.29) is 6.04 Å². The SMILES string of the molecule is CC1c2ccccc2N(C(N)=O)N1C. The zero-order valence-corrected chi connectivity index (χ0v) is 8.27. The van der Waals surface area contributed by atoms with Crippen molar-refractivity contribution < 1.29 is 4.79 Å². The Morgan fingerprint density at radius 1 is 1.43 bits per heavy atom. The number of hydrogen-bond acceptors (Lipinski definition) is 2. The first-order chi connectivity index (χ1) is 6.63. The largest absolute Gasteiger partial charge is 0.350 e. The van der Waals surface area contributed by atoms with Crippen LogP contribution in [0, 0.1) is 0 Å². The van der Waals surface area contributed by atoms with Gasteiger partial charge in [-0.1, -0.05) is 18.2 Å². The van der Waals surface area contributed by atoms with Crippen molar-refractivity contribution >= 4 is 11.7 Å². The van der Waals surface area contributed by atoms with Crippen molar-refractivity contribution in [2.75, 3.05) is 12.1 Å². The standard InChI is InChI=1S/C10H13N3O/c1-7-8-5-3-4-6-9(8)13(10(11)14)12(7)2/h3-7H,1-2H3,(H2,11,14). The fraction of sp³-hybridized carbons (Fsp3) is 0.300. The highest BCUT2D eigenvalue weighted by Gasteiger charge is 2.33. The van der Waals surface area contributed by atoms with Gasteiger partial charge in [0.15, 0.2) is 0 Å². The topological polar surface area (TPSA) is 49.6 Å². The summed E-state index contributed by atoms with van der Waals surface area (Å²) in [4.78, 5) is 11.2. The number of urea groups is 1. The number of nitrogens with zero attached hydrogens (tertiary/aromatic N) is 2. The number of hydrazine groups is 1. The summed E-state index contributed by atoms with van der Waals surface area (Å²) in [5, 5.41) is 3.34. The quantitative estimate of drug-likeness (QED) is 0.675. The number of carbonyl (C=O) groups excluding carboxylic acids is 1. The molecule has 1 heterocycles. The molecule has 0 spiro atoms. The van der Waals surface area contributed by atoms with Crippen LogP contribution < -0.4 is 10.7 Å². The van der Waals surface area contributed by atoms with Gasteiger partial charge < -0.3 is 5.73 Å². The number of amides is 2. The van der Waals surface area contributed by atoms with Crippen molar-refractivity contribution in [2.24, 2.45) is 5.73 Å². The highest BCUT2D eigenvalue weighted by atomic mass is 16.2. The molecular weight excluding hydrogens is 178 g/mol. The Kier molecular flexibility index (Phi) is 1.93. The van der Waals surface area contributed by atoms with Crippen LogP contribution in [0.25, 0.3) is 0 Å². The molecule has 0 radical (unpaired) electrons. The monoisotopic (exact) mass is 191 g/mol. The fourth-order valence-electron chi connectivity index (χ4n) is 1.85. The molecule has 2 amide bonds. The summed E-state index contributed by atoms with van der Waals surface area (Å²) in [6.45, 7) is 2.04. The number of carbonyl (C=O) groups is 1. The molecule has 0 bridgehead atoms. The van der Waals surface area contributed by atoms with Gasteiger partial charge >= 0.3 is 6.03 Å². The lowest BCUT2D eigenvalue weighted by atomic mass is 10.1. The summed E-state index contributed by atoms with van der Waals surface area (Å²) in [6.07, 6.45) is 0. The van der Waals surface area contributed by atoms with E-state index in [0.29, 0.717) is 0 Å². The van der Waals surface area contributed by atoms with Crippen LogP contribution in [-0.4, -0.2) is 18.1 Å². The van der Waals surface area contributed by atoms with Gasteiger partial charge in [0.1, 0.15) is 0 Å². The smallest absolute Gasteiger partial charge is 0.334 e. The summed E-state index contributed by atoms with van der Waals surface area (Å²) >= 11 is 0. The van der Waals surface area contributed by atoms with E-state index in [0.717, 1.165) is 11.3 Å². The predicted octanol–water partition coefficient (Wildman–Crippen LogP) is 1.49. The van der Waals surface area contributed by atoms with Crippen LogP contribution in [0.1, 0.15) is 18.5 Å². The Morgan fingerprint density at radius 3 is 2.71 bits per heavy atom. The number of anilines is 1. The van der Waals surface area contributed by atoms with E-state index in [1.54, 1.807) is 0 Å². The number of para-hydroxylation sites is 1. The third kappa shape index (κ3) is 1.08. The minimum Gasteiger partial charge on any atom is -0.350 e. The van der Waals surface area contributed by atoms with E-state index in [1.807, 2.05) is 43.2 Å². The van der Waals surface area contributed by atoms with Crippen molar-refractivity contribution in [3.05, 3.63) is 29.8 Å². The summed E-state index contributed by atoms with van der Waals surface area (Å²) in [7, 11) is 1.86. The van der Waals surface area contributed by atoms with Crippen molar-refractivity contribution in [1.29, 1.82) is 0 Å². The fourth-order valence-corrected chi connectivity index (χ4v) is 1.85. The molecule has 1 aliphatic rings. The van der Waals surface area contributed by atoms with Crippen molar-refractivity contribution in [1.82, 2.24) is 5.01 Å². The molecule has 4 heteroatoms. The van der Waals surface area contributed by atoms with Gasteiger partial charge in [-0.3, -0.25) is 0 Å². The molecule has 0 saturated heterocycles. The first-order valence-electron chi connectivity index (χ1n) is 4.54. The Hall–Kier alpha value is -1.55. The lowest BCUT2D eigenvalue weighted by Crippen LogP contribution is -2.44. The van der Waals surface area contributed by atoms with Crippen molar-refractivity contribution in [3.63, 3.8) is 0 Å². The van der Waals surface area contributed by atoms with E-state index in [1.165, 1.54) is 5.01 Å². The molecule has 0 fully saturated rings. The molecule has 14 heavy (non-hydrogen) atoms. The maximum Gasteiger partial charge on any atom is 0.334 e. The number of benzene rings is 1. The van der Waals surface area contributed by atoms with Gasteiger partial charge in [0, 0.05) is 7.05 Å². The van der Waals surface area contributed by atoms with Gasteiger partial charge in [0.25, 0.3) is 0 Å². The maximum absolute atomic E-state index is 11.2. The summed E-state index contributed by atoms with van der Waals surface area (Å²) < 4.78 is 0.